The first kappa shape index (κ1) is 45.6. The molecule has 0 radical (unpaired) electrons. The van der Waals surface area contributed by atoms with Crippen LogP contribution < -0.4 is 0 Å². The van der Waals surface area contributed by atoms with Gasteiger partial charge in [0.2, 0.25) is 0 Å². The van der Waals surface area contributed by atoms with Crippen LogP contribution in [-0.2, 0) is 19.7 Å². The van der Waals surface area contributed by atoms with E-state index in [4.69, 9.17) is 0 Å². The Morgan fingerprint density at radius 1 is 0.362 bits per heavy atom. The molecule has 0 amide bonds. The molecule has 6 rings (SSSR count). The van der Waals surface area contributed by atoms with Crippen LogP contribution >= 0.6 is 68.0 Å². The largest absolute Gasteiger partial charge is 0.224 e. The lowest BCUT2D eigenvalue weighted by Crippen LogP contribution is -2.09. The van der Waals surface area contributed by atoms with Gasteiger partial charge in [-0.3, -0.25) is 0 Å². The van der Waals surface area contributed by atoms with Gasteiger partial charge in [0.15, 0.2) is 19.7 Å². The number of unbranched alkanes of at least 4 members (excludes halogenated alkanes) is 14. The van der Waals surface area contributed by atoms with Crippen LogP contribution in [0.3, 0.4) is 0 Å². The summed E-state index contributed by atoms with van der Waals surface area (Å²) in [6.45, 7) is 8.64. The summed E-state index contributed by atoms with van der Waals surface area (Å²) in [5, 5.41) is 0. The molecular weight excluding hydrogens is 873 g/mol. The Labute approximate surface area is 372 Å². The second-order valence-corrected chi connectivity index (χ2v) is 26.3. The highest BCUT2D eigenvalue weighted by atomic mass is 32.2. The van der Waals surface area contributed by atoms with Gasteiger partial charge in [0, 0.05) is 48.8 Å². The quantitative estimate of drug-likeness (QED) is 0.0536. The van der Waals surface area contributed by atoms with E-state index in [1.807, 2.05) is 12.1 Å². The third-order valence-electron chi connectivity index (χ3n) is 10.5. The zero-order valence-corrected chi connectivity index (χ0v) is 40.9. The maximum absolute atomic E-state index is 14.5. The van der Waals surface area contributed by atoms with Crippen molar-refractivity contribution in [1.82, 2.24) is 0 Å². The summed E-state index contributed by atoms with van der Waals surface area (Å²) >= 11 is 9.69. The average molecular weight is 932 g/mol. The third-order valence-corrected chi connectivity index (χ3v) is 21.8. The fourth-order valence-electron chi connectivity index (χ4n) is 7.18. The van der Waals surface area contributed by atoms with E-state index >= 15 is 0 Å². The Kier molecular flexibility index (Phi) is 17.1. The zero-order chi connectivity index (χ0) is 41.1. The average Bonchev–Trinajstić information content (AvgIpc) is 4.04. The lowest BCUT2D eigenvalue weighted by Gasteiger charge is -2.08. The normalized spacial score (nSPS) is 12.3. The molecular formula is C46H58O4S8. The number of hydrogen-bond acceptors (Lipinski definition) is 10. The smallest absolute Gasteiger partial charge is 0.179 e. The van der Waals surface area contributed by atoms with Gasteiger partial charge in [0.25, 0.3) is 0 Å². The molecule has 58 heavy (non-hydrogen) atoms. The van der Waals surface area contributed by atoms with Crippen molar-refractivity contribution < 1.29 is 16.8 Å². The van der Waals surface area contributed by atoms with Crippen molar-refractivity contribution in [3.63, 3.8) is 0 Å². The van der Waals surface area contributed by atoms with Gasteiger partial charge in [0.1, 0.15) is 0 Å². The maximum atomic E-state index is 14.5. The van der Waals surface area contributed by atoms with Crippen LogP contribution in [0.15, 0.2) is 70.5 Å². The molecule has 0 aliphatic rings. The Bertz CT molecular complexity index is 2240. The molecule has 314 valence electrons. The van der Waals surface area contributed by atoms with E-state index in [-0.39, 0.29) is 21.3 Å². The van der Waals surface area contributed by atoms with Crippen molar-refractivity contribution in [1.29, 1.82) is 0 Å². The molecule has 12 heteroatoms. The third kappa shape index (κ3) is 12.1. The molecule has 0 aliphatic heterocycles. The van der Waals surface area contributed by atoms with Crippen molar-refractivity contribution in [2.75, 3.05) is 11.5 Å². The Morgan fingerprint density at radius 3 is 0.983 bits per heavy atom. The molecule has 0 spiro atoms. The van der Waals surface area contributed by atoms with Crippen LogP contribution in [-0.4, -0.2) is 28.3 Å². The molecule has 0 N–H and O–H groups in total. The molecule has 6 aromatic rings. The molecule has 0 aromatic carbocycles. The van der Waals surface area contributed by atoms with E-state index in [1.165, 1.54) is 93.5 Å². The van der Waals surface area contributed by atoms with E-state index in [1.54, 1.807) is 45.3 Å². The lowest BCUT2D eigenvalue weighted by molar-refractivity contribution is 0.572. The fourth-order valence-corrected chi connectivity index (χ4v) is 17.8. The topological polar surface area (TPSA) is 68.3 Å². The first-order chi connectivity index (χ1) is 28.0. The van der Waals surface area contributed by atoms with Gasteiger partial charge < -0.3 is 0 Å². The van der Waals surface area contributed by atoms with Gasteiger partial charge in [-0.1, -0.05) is 104 Å². The van der Waals surface area contributed by atoms with Crippen molar-refractivity contribution in [3.8, 4) is 48.8 Å². The summed E-state index contributed by atoms with van der Waals surface area (Å²) in [4.78, 5) is 12.6. The van der Waals surface area contributed by atoms with Crippen molar-refractivity contribution in [2.45, 2.75) is 140 Å². The molecule has 6 heterocycles. The summed E-state index contributed by atoms with van der Waals surface area (Å²) in [5.41, 5.74) is 0. The van der Waals surface area contributed by atoms with Gasteiger partial charge >= 0.3 is 0 Å². The molecule has 4 nitrogen and oxygen atoms in total. The van der Waals surface area contributed by atoms with E-state index in [9.17, 15) is 16.8 Å². The van der Waals surface area contributed by atoms with Crippen molar-refractivity contribution >= 4 is 87.7 Å². The molecule has 0 bridgehead atoms. The second-order valence-electron chi connectivity index (χ2n) is 15.3. The fraction of sp³-hybridized carbons (Fsp3) is 0.478. The monoisotopic (exact) mass is 930 g/mol. The predicted molar refractivity (Wildman–Crippen MR) is 260 cm³/mol. The van der Waals surface area contributed by atoms with E-state index in [2.05, 4.69) is 76.2 Å². The minimum Gasteiger partial charge on any atom is -0.224 e. The highest BCUT2D eigenvalue weighted by Crippen LogP contribution is 2.51. The number of aryl methyl sites for hydroxylation is 2. The standard InChI is InChI=1S/C46H58O4S8/c1-5-7-9-11-13-15-17-19-29-57(47,48)43-31-41(39-27-25-37(53-39)35-23-21-33(3)51-35)55-45(43)46-44(58(49,50)30-20-18-16-14-12-10-8-6-2)32-42(56-46)40-28-26-38(54-40)36-24-22-34(4)52-36/h21-28,31-32H,5-20,29-30H2,1-4H3. The molecule has 0 atom stereocenters. The minimum absolute atomic E-state index is 0.0579. The van der Waals surface area contributed by atoms with E-state index < -0.39 is 19.7 Å². The molecule has 0 unspecified atom stereocenters. The Hall–Kier alpha value is -1.90. The Balaban J connectivity index is 1.36. The van der Waals surface area contributed by atoms with Crippen LogP contribution in [0.25, 0.3) is 48.8 Å². The van der Waals surface area contributed by atoms with Gasteiger partial charge in [-0.05, 0) is 87.4 Å². The molecule has 0 saturated carbocycles. The highest BCUT2D eigenvalue weighted by Gasteiger charge is 2.31. The van der Waals surface area contributed by atoms with E-state index in [0.29, 0.717) is 22.6 Å². The Morgan fingerprint density at radius 2 is 0.655 bits per heavy atom. The van der Waals surface area contributed by atoms with Crippen LogP contribution in [0.1, 0.15) is 126 Å². The zero-order valence-electron chi connectivity index (χ0n) is 34.4. The summed E-state index contributed by atoms with van der Waals surface area (Å²) in [5.74, 6) is 0.116. The number of thiophene rings is 6. The molecule has 0 fully saturated rings. The van der Waals surface area contributed by atoms with Gasteiger partial charge in [-0.2, -0.15) is 0 Å². The van der Waals surface area contributed by atoms with Crippen LogP contribution in [0.4, 0.5) is 0 Å². The second kappa shape index (κ2) is 21.8. The van der Waals surface area contributed by atoms with Crippen LogP contribution in [0.2, 0.25) is 0 Å². The van der Waals surface area contributed by atoms with Gasteiger partial charge in [-0.15, -0.1) is 68.0 Å². The van der Waals surface area contributed by atoms with Crippen molar-refractivity contribution in [2.24, 2.45) is 0 Å². The lowest BCUT2D eigenvalue weighted by atomic mass is 10.1. The summed E-state index contributed by atoms with van der Waals surface area (Å²) in [6, 6.07) is 20.6. The maximum Gasteiger partial charge on any atom is 0.179 e. The first-order valence-corrected chi connectivity index (χ1v) is 29.3. The SMILES string of the molecule is CCCCCCCCCCS(=O)(=O)c1cc(-c2ccc(-c3ccc(C)s3)s2)sc1-c1sc(-c2ccc(-c3ccc(C)s3)s2)cc1S(=O)(=O)CCCCCCCCCC. The summed E-state index contributed by atoms with van der Waals surface area (Å²) in [6.07, 6.45) is 17.1. The van der Waals surface area contributed by atoms with Gasteiger partial charge in [-0.25, -0.2) is 16.8 Å². The number of sulfone groups is 2. The number of rotatable bonds is 25. The molecule has 0 aliphatic carbocycles. The summed E-state index contributed by atoms with van der Waals surface area (Å²) in [7, 11) is -7.44. The van der Waals surface area contributed by atoms with Crippen LogP contribution in [0.5, 0.6) is 0 Å². The van der Waals surface area contributed by atoms with E-state index in [0.717, 1.165) is 67.8 Å². The molecule has 6 aromatic heterocycles. The van der Waals surface area contributed by atoms with Crippen LogP contribution in [0, 0.1) is 13.8 Å². The molecule has 0 saturated heterocycles. The first-order valence-electron chi connectivity index (χ1n) is 21.1. The predicted octanol–water partition coefficient (Wildman–Crippen LogP) is 16.8. The summed E-state index contributed by atoms with van der Waals surface area (Å²) < 4.78 is 57.9. The van der Waals surface area contributed by atoms with Crippen molar-refractivity contribution in [3.05, 3.63) is 70.4 Å². The van der Waals surface area contributed by atoms with Gasteiger partial charge in [0.05, 0.1) is 31.1 Å². The number of hydrogen-bond donors (Lipinski definition) is 0. The minimum atomic E-state index is -3.72. The highest BCUT2D eigenvalue weighted by molar-refractivity contribution is 7.92.